The molecule has 0 aromatic carbocycles. The van der Waals surface area contributed by atoms with Gasteiger partial charge in [-0.2, -0.15) is 0 Å². The van der Waals surface area contributed by atoms with Crippen LogP contribution in [0.2, 0.25) is 0 Å². The van der Waals surface area contributed by atoms with Crippen molar-refractivity contribution in [3.8, 4) is 0 Å². The van der Waals surface area contributed by atoms with E-state index in [1.54, 1.807) is 0 Å². The first-order chi connectivity index (χ1) is 13.3. The Bertz CT molecular complexity index is 424. The van der Waals surface area contributed by atoms with Crippen LogP contribution in [0, 0.1) is 0 Å². The first-order valence-electron chi connectivity index (χ1n) is 12.0. The lowest BCUT2D eigenvalue weighted by Crippen LogP contribution is -2.58. The summed E-state index contributed by atoms with van der Waals surface area (Å²) < 4.78 is 0. The molecule has 4 heteroatoms. The third-order valence-electron chi connectivity index (χ3n) is 6.69. The fraction of sp³-hybridized carbons (Fsp3) is 0.958. The molecule has 0 spiro atoms. The molecule has 0 aromatic rings. The quantitative estimate of drug-likeness (QED) is 0.279. The number of piperidine rings is 1. The van der Waals surface area contributed by atoms with Gasteiger partial charge in [-0.25, -0.2) is 0 Å². The van der Waals surface area contributed by atoms with Crippen LogP contribution in [0.15, 0.2) is 0 Å². The lowest BCUT2D eigenvalue weighted by atomic mass is 9.74. The van der Waals surface area contributed by atoms with Crippen molar-refractivity contribution < 1.29 is 15.1 Å². The first-order valence-corrected chi connectivity index (χ1v) is 12.0. The van der Waals surface area contributed by atoms with Crippen LogP contribution in [-0.2, 0) is 10.0 Å². The fourth-order valence-corrected chi connectivity index (χ4v) is 4.96. The van der Waals surface area contributed by atoms with Gasteiger partial charge in [-0.1, -0.05) is 77.6 Å². The van der Waals surface area contributed by atoms with Gasteiger partial charge in [0.25, 0.3) is 0 Å². The lowest BCUT2D eigenvalue weighted by Gasteiger charge is -2.51. The van der Waals surface area contributed by atoms with Gasteiger partial charge >= 0.3 is 5.97 Å². The zero-order valence-electron chi connectivity index (χ0n) is 18.9. The average Bonchev–Trinajstić information content (AvgIpc) is 2.63. The Kier molecular flexibility index (Phi) is 12.3. The first kappa shape index (κ1) is 25.4. The second kappa shape index (κ2) is 13.6. The minimum atomic E-state index is -0.752. The van der Waals surface area contributed by atoms with Crippen molar-refractivity contribution >= 4 is 5.97 Å². The Balaban J connectivity index is 2.31. The molecule has 28 heavy (non-hydrogen) atoms. The Hall–Kier alpha value is -0.610. The number of aliphatic carboxylic acids is 1. The number of carboxylic acid groups (broad SMARTS) is 1. The van der Waals surface area contributed by atoms with Gasteiger partial charge in [0, 0.05) is 17.5 Å². The largest absolute Gasteiger partial charge is 0.481 e. The molecule has 0 bridgehead atoms. The highest BCUT2D eigenvalue weighted by Gasteiger charge is 2.47. The summed E-state index contributed by atoms with van der Waals surface area (Å²) in [4.78, 5) is 10.9. The molecule has 1 rings (SSSR count). The van der Waals surface area contributed by atoms with E-state index in [4.69, 9.17) is 5.11 Å². The summed E-state index contributed by atoms with van der Waals surface area (Å²) >= 11 is 0. The maximum atomic E-state index is 13.1. The number of carboxylic acids is 1. The van der Waals surface area contributed by atoms with E-state index in [0.29, 0.717) is 6.42 Å². The number of rotatable bonds is 16. The average molecular weight is 397 g/mol. The number of hydrogen-bond acceptors (Lipinski definition) is 2. The van der Waals surface area contributed by atoms with E-state index in [-0.39, 0.29) is 17.5 Å². The molecular formula is C24H46NO3. The SMILES string of the molecule is CCCCCCCCCCCCCC1(CCCC(=O)O)CCCC(C)(C)N1[O]. The predicted octanol–water partition coefficient (Wildman–Crippen LogP) is 7.29. The molecule has 0 amide bonds. The molecule has 1 N–H and O–H groups in total. The molecule has 1 saturated heterocycles. The molecule has 0 saturated carbocycles. The van der Waals surface area contributed by atoms with Gasteiger partial charge in [-0.3, -0.25) is 4.79 Å². The Labute approximate surface area is 174 Å². The molecule has 1 heterocycles. The van der Waals surface area contributed by atoms with Crippen molar-refractivity contribution in [3.63, 3.8) is 0 Å². The van der Waals surface area contributed by atoms with Crippen LogP contribution in [0.4, 0.5) is 0 Å². The highest BCUT2D eigenvalue weighted by Crippen LogP contribution is 2.43. The molecule has 0 aliphatic carbocycles. The summed E-state index contributed by atoms with van der Waals surface area (Å²) in [6.45, 7) is 6.36. The third-order valence-corrected chi connectivity index (χ3v) is 6.69. The third kappa shape index (κ3) is 9.26. The van der Waals surface area contributed by atoms with Gasteiger partial charge in [0.2, 0.25) is 0 Å². The zero-order valence-corrected chi connectivity index (χ0v) is 18.9. The second-order valence-corrected chi connectivity index (χ2v) is 9.72. The Morgan fingerprint density at radius 3 is 1.86 bits per heavy atom. The number of carbonyl (C=O) groups is 1. The summed E-state index contributed by atoms with van der Waals surface area (Å²) in [6, 6.07) is 0. The summed E-state index contributed by atoms with van der Waals surface area (Å²) in [6.07, 6.45) is 19.8. The van der Waals surface area contributed by atoms with Crippen molar-refractivity contribution in [1.82, 2.24) is 5.06 Å². The minimum Gasteiger partial charge on any atom is -0.481 e. The van der Waals surface area contributed by atoms with E-state index in [1.165, 1.54) is 69.3 Å². The summed E-state index contributed by atoms with van der Waals surface area (Å²) in [7, 11) is 0. The number of hydrogen-bond donors (Lipinski definition) is 1. The van der Waals surface area contributed by atoms with Crippen molar-refractivity contribution in [2.24, 2.45) is 0 Å². The van der Waals surface area contributed by atoms with E-state index in [2.05, 4.69) is 6.92 Å². The van der Waals surface area contributed by atoms with Crippen molar-refractivity contribution in [2.45, 2.75) is 147 Å². The van der Waals surface area contributed by atoms with Gasteiger partial charge in [0.15, 0.2) is 0 Å². The van der Waals surface area contributed by atoms with E-state index >= 15 is 0 Å². The Morgan fingerprint density at radius 2 is 1.32 bits per heavy atom. The van der Waals surface area contributed by atoms with E-state index in [1.807, 2.05) is 13.8 Å². The van der Waals surface area contributed by atoms with Crippen LogP contribution >= 0.6 is 0 Å². The molecule has 165 valence electrons. The maximum absolute atomic E-state index is 13.1. The molecular weight excluding hydrogens is 350 g/mol. The van der Waals surface area contributed by atoms with E-state index < -0.39 is 5.97 Å². The number of nitrogens with zero attached hydrogens (tertiary/aromatic N) is 1. The molecule has 1 radical (unpaired) electrons. The van der Waals surface area contributed by atoms with E-state index in [9.17, 15) is 10.0 Å². The van der Waals surface area contributed by atoms with Gasteiger partial charge < -0.3 is 5.11 Å². The number of unbranched alkanes of at least 4 members (excludes halogenated alkanes) is 10. The molecule has 1 aliphatic heterocycles. The highest BCUT2D eigenvalue weighted by molar-refractivity contribution is 5.66. The van der Waals surface area contributed by atoms with Gasteiger partial charge in [0.05, 0.1) is 0 Å². The fourth-order valence-electron chi connectivity index (χ4n) is 4.96. The number of hydroxylamine groups is 2. The van der Waals surface area contributed by atoms with Crippen molar-refractivity contribution in [1.29, 1.82) is 0 Å². The summed E-state index contributed by atoms with van der Waals surface area (Å²) in [5, 5.41) is 23.5. The summed E-state index contributed by atoms with van der Waals surface area (Å²) in [5.74, 6) is -0.752. The monoisotopic (exact) mass is 396 g/mol. The second-order valence-electron chi connectivity index (χ2n) is 9.72. The topological polar surface area (TPSA) is 60.4 Å². The van der Waals surface area contributed by atoms with Gasteiger partial charge in [-0.05, 0) is 52.4 Å². The molecule has 4 nitrogen and oxygen atoms in total. The smallest absolute Gasteiger partial charge is 0.303 e. The maximum Gasteiger partial charge on any atom is 0.303 e. The van der Waals surface area contributed by atoms with Crippen LogP contribution in [0.25, 0.3) is 0 Å². The van der Waals surface area contributed by atoms with Crippen LogP contribution < -0.4 is 0 Å². The molecule has 1 aliphatic rings. The summed E-state index contributed by atoms with van der Waals surface area (Å²) in [5.41, 5.74) is -0.657. The van der Waals surface area contributed by atoms with Crippen LogP contribution in [-0.4, -0.2) is 27.2 Å². The zero-order chi connectivity index (χ0) is 20.9. The van der Waals surface area contributed by atoms with Gasteiger partial charge in [-0.15, -0.1) is 10.3 Å². The van der Waals surface area contributed by atoms with E-state index in [0.717, 1.165) is 38.5 Å². The van der Waals surface area contributed by atoms with Gasteiger partial charge in [0.1, 0.15) is 0 Å². The normalized spacial score (nSPS) is 22.4. The van der Waals surface area contributed by atoms with Crippen molar-refractivity contribution in [2.75, 3.05) is 0 Å². The predicted molar refractivity (Wildman–Crippen MR) is 116 cm³/mol. The molecule has 1 fully saturated rings. The standard InChI is InChI=1S/C24H46NO3/c1-4-5-6-7-8-9-10-11-12-13-14-19-24(20-15-17-22(26)27)21-16-18-23(2,3)25(24)28/h4-21H2,1-3H3,(H,26,27). The van der Waals surface area contributed by atoms with Crippen LogP contribution in [0.1, 0.15) is 136 Å². The Morgan fingerprint density at radius 1 is 0.821 bits per heavy atom. The molecule has 1 unspecified atom stereocenters. The molecule has 1 atom stereocenters. The van der Waals surface area contributed by atoms with Crippen LogP contribution in [0.5, 0.6) is 0 Å². The van der Waals surface area contributed by atoms with Crippen LogP contribution in [0.3, 0.4) is 0 Å². The lowest BCUT2D eigenvalue weighted by molar-refractivity contribution is -0.300. The highest BCUT2D eigenvalue weighted by atomic mass is 16.5. The van der Waals surface area contributed by atoms with Crippen molar-refractivity contribution in [3.05, 3.63) is 0 Å². The molecule has 0 aromatic heterocycles. The minimum absolute atomic E-state index is 0.175.